The predicted molar refractivity (Wildman–Crippen MR) is 79.1 cm³/mol. The number of nitrogens with zero attached hydrogens (tertiary/aromatic N) is 2. The molecular weight excluding hydrogens is 242 g/mol. The third-order valence-electron chi connectivity index (χ3n) is 3.59. The molecule has 3 nitrogen and oxygen atoms in total. The second-order valence-electron chi connectivity index (χ2n) is 5.23. The van der Waals surface area contributed by atoms with Gasteiger partial charge in [0.2, 0.25) is 0 Å². The van der Waals surface area contributed by atoms with Crippen molar-refractivity contribution in [3.05, 3.63) is 21.9 Å². The van der Waals surface area contributed by atoms with Crippen LogP contribution in [-0.2, 0) is 13.1 Å². The van der Waals surface area contributed by atoms with Crippen LogP contribution < -0.4 is 5.32 Å². The zero-order valence-electron chi connectivity index (χ0n) is 11.8. The predicted octanol–water partition coefficient (Wildman–Crippen LogP) is 1.99. The van der Waals surface area contributed by atoms with Gasteiger partial charge < -0.3 is 10.2 Å². The largest absolute Gasteiger partial charge is 0.312 e. The maximum atomic E-state index is 3.39. The fraction of sp³-hybridized carbons (Fsp3) is 0.714. The Kier molecular flexibility index (Phi) is 5.18. The Bertz CT molecular complexity index is 364. The van der Waals surface area contributed by atoms with Crippen LogP contribution in [0.3, 0.4) is 0 Å². The number of likely N-dealkylation sites (N-methyl/N-ethyl adjacent to an activating group) is 1. The molecule has 1 saturated heterocycles. The van der Waals surface area contributed by atoms with Gasteiger partial charge in [-0.15, -0.1) is 11.3 Å². The lowest BCUT2D eigenvalue weighted by molar-refractivity contribution is 0.0947. The highest BCUT2D eigenvalue weighted by molar-refractivity contribution is 7.11. The standard InChI is InChI=1S/C14H25N3S/c1-4-15-9-13-5-6-14(18-13)11-17-8-7-16(3)10-12(17)2/h5-6,12,15H,4,7-11H2,1-3H3. The van der Waals surface area contributed by atoms with E-state index in [1.54, 1.807) is 0 Å². The molecule has 0 amide bonds. The summed E-state index contributed by atoms with van der Waals surface area (Å²) in [6.45, 7) is 11.2. The van der Waals surface area contributed by atoms with Crippen LogP contribution in [0.15, 0.2) is 12.1 Å². The molecule has 1 aliphatic rings. The number of hydrogen-bond donors (Lipinski definition) is 1. The average molecular weight is 267 g/mol. The summed E-state index contributed by atoms with van der Waals surface area (Å²) in [5, 5.41) is 3.39. The Morgan fingerprint density at radius 1 is 1.33 bits per heavy atom. The second kappa shape index (κ2) is 6.66. The van der Waals surface area contributed by atoms with E-state index in [1.807, 2.05) is 11.3 Å². The first kappa shape index (κ1) is 14.0. The molecule has 1 unspecified atom stereocenters. The molecule has 1 aliphatic heterocycles. The van der Waals surface area contributed by atoms with Crippen molar-refractivity contribution < 1.29 is 0 Å². The zero-order chi connectivity index (χ0) is 13.0. The maximum Gasteiger partial charge on any atom is 0.0331 e. The first-order chi connectivity index (χ1) is 8.69. The van der Waals surface area contributed by atoms with Gasteiger partial charge in [0.1, 0.15) is 0 Å². The third-order valence-corrected chi connectivity index (χ3v) is 4.66. The lowest BCUT2D eigenvalue weighted by atomic mass is 10.2. The molecule has 102 valence electrons. The highest BCUT2D eigenvalue weighted by Gasteiger charge is 2.21. The molecule has 1 atom stereocenters. The van der Waals surface area contributed by atoms with E-state index < -0.39 is 0 Å². The van der Waals surface area contributed by atoms with E-state index in [9.17, 15) is 0 Å². The van der Waals surface area contributed by atoms with E-state index >= 15 is 0 Å². The minimum atomic E-state index is 0.670. The van der Waals surface area contributed by atoms with Crippen LogP contribution in [0.5, 0.6) is 0 Å². The summed E-state index contributed by atoms with van der Waals surface area (Å²) in [6.07, 6.45) is 0. The van der Waals surface area contributed by atoms with Crippen molar-refractivity contribution in [2.24, 2.45) is 0 Å². The van der Waals surface area contributed by atoms with E-state index in [1.165, 1.54) is 29.4 Å². The number of piperazine rings is 1. The molecule has 0 bridgehead atoms. The van der Waals surface area contributed by atoms with Crippen LogP contribution in [-0.4, -0.2) is 49.1 Å². The van der Waals surface area contributed by atoms with Crippen LogP contribution in [0, 0.1) is 0 Å². The molecule has 1 fully saturated rings. The summed E-state index contributed by atoms with van der Waals surface area (Å²) in [5.74, 6) is 0. The lowest BCUT2D eigenvalue weighted by Gasteiger charge is -2.37. The molecule has 18 heavy (non-hydrogen) atoms. The minimum Gasteiger partial charge on any atom is -0.312 e. The monoisotopic (exact) mass is 267 g/mol. The molecule has 1 N–H and O–H groups in total. The van der Waals surface area contributed by atoms with Crippen LogP contribution >= 0.6 is 11.3 Å². The summed E-state index contributed by atoms with van der Waals surface area (Å²) in [7, 11) is 2.22. The summed E-state index contributed by atoms with van der Waals surface area (Å²) < 4.78 is 0. The first-order valence-corrected chi connectivity index (χ1v) is 7.71. The molecule has 2 heterocycles. The smallest absolute Gasteiger partial charge is 0.0331 e. The number of hydrogen-bond acceptors (Lipinski definition) is 4. The van der Waals surface area contributed by atoms with Crippen LogP contribution in [0.1, 0.15) is 23.6 Å². The third kappa shape index (κ3) is 3.79. The Labute approximate surface area is 115 Å². The lowest BCUT2D eigenvalue weighted by Crippen LogP contribution is -2.49. The normalized spacial score (nSPS) is 22.5. The Balaban J connectivity index is 1.87. The minimum absolute atomic E-state index is 0.670. The molecule has 0 aromatic carbocycles. The van der Waals surface area contributed by atoms with Crippen molar-refractivity contribution in [2.75, 3.05) is 33.2 Å². The molecular formula is C14H25N3S. The molecule has 0 saturated carbocycles. The molecule has 2 rings (SSSR count). The van der Waals surface area contributed by atoms with E-state index in [0.29, 0.717) is 6.04 Å². The molecule has 4 heteroatoms. The summed E-state index contributed by atoms with van der Waals surface area (Å²) in [6, 6.07) is 5.23. The van der Waals surface area contributed by atoms with Gasteiger partial charge in [-0.25, -0.2) is 0 Å². The maximum absolute atomic E-state index is 3.39. The molecule has 0 radical (unpaired) electrons. The molecule has 0 aliphatic carbocycles. The number of rotatable bonds is 5. The van der Waals surface area contributed by atoms with Gasteiger partial charge in [0.15, 0.2) is 0 Å². The highest BCUT2D eigenvalue weighted by Crippen LogP contribution is 2.20. The molecule has 0 spiro atoms. The summed E-state index contributed by atoms with van der Waals surface area (Å²) in [4.78, 5) is 7.97. The van der Waals surface area contributed by atoms with Gasteiger partial charge in [-0.05, 0) is 32.6 Å². The van der Waals surface area contributed by atoms with Crippen molar-refractivity contribution in [3.8, 4) is 0 Å². The van der Waals surface area contributed by atoms with Crippen LogP contribution in [0.2, 0.25) is 0 Å². The fourth-order valence-electron chi connectivity index (χ4n) is 2.46. The van der Waals surface area contributed by atoms with Gasteiger partial charge in [0.25, 0.3) is 0 Å². The topological polar surface area (TPSA) is 18.5 Å². The van der Waals surface area contributed by atoms with Gasteiger partial charge >= 0.3 is 0 Å². The SMILES string of the molecule is CCNCc1ccc(CN2CCN(C)CC2C)s1. The van der Waals surface area contributed by atoms with E-state index in [-0.39, 0.29) is 0 Å². The average Bonchev–Trinajstić information content (AvgIpc) is 2.78. The van der Waals surface area contributed by atoms with Gasteiger partial charge in [-0.2, -0.15) is 0 Å². The van der Waals surface area contributed by atoms with Crippen molar-refractivity contribution in [2.45, 2.75) is 33.0 Å². The van der Waals surface area contributed by atoms with Gasteiger partial charge in [-0.3, -0.25) is 4.90 Å². The van der Waals surface area contributed by atoms with Gasteiger partial charge in [0.05, 0.1) is 0 Å². The fourth-order valence-corrected chi connectivity index (χ4v) is 3.48. The zero-order valence-corrected chi connectivity index (χ0v) is 12.6. The summed E-state index contributed by atoms with van der Waals surface area (Å²) in [5.41, 5.74) is 0. The van der Waals surface area contributed by atoms with Gasteiger partial charge in [0, 0.05) is 48.5 Å². The van der Waals surface area contributed by atoms with E-state index in [0.717, 1.165) is 19.6 Å². The van der Waals surface area contributed by atoms with Crippen molar-refractivity contribution >= 4 is 11.3 Å². The van der Waals surface area contributed by atoms with Crippen LogP contribution in [0.25, 0.3) is 0 Å². The van der Waals surface area contributed by atoms with E-state index in [4.69, 9.17) is 0 Å². The number of nitrogens with one attached hydrogen (secondary N) is 1. The number of thiophene rings is 1. The highest BCUT2D eigenvalue weighted by atomic mass is 32.1. The Morgan fingerprint density at radius 2 is 2.11 bits per heavy atom. The van der Waals surface area contributed by atoms with Crippen molar-refractivity contribution in [1.29, 1.82) is 0 Å². The van der Waals surface area contributed by atoms with Crippen molar-refractivity contribution in [3.63, 3.8) is 0 Å². The summed E-state index contributed by atoms with van der Waals surface area (Å²) >= 11 is 1.95. The second-order valence-corrected chi connectivity index (χ2v) is 6.48. The Morgan fingerprint density at radius 3 is 2.83 bits per heavy atom. The van der Waals surface area contributed by atoms with Gasteiger partial charge in [-0.1, -0.05) is 6.92 Å². The van der Waals surface area contributed by atoms with Crippen LogP contribution in [0.4, 0.5) is 0 Å². The van der Waals surface area contributed by atoms with E-state index in [2.05, 4.69) is 48.1 Å². The van der Waals surface area contributed by atoms with Crippen molar-refractivity contribution in [1.82, 2.24) is 15.1 Å². The quantitative estimate of drug-likeness (QED) is 0.880. The molecule has 1 aromatic rings. The Hall–Kier alpha value is -0.420. The first-order valence-electron chi connectivity index (χ1n) is 6.90. The molecule has 1 aromatic heterocycles.